The van der Waals surface area contributed by atoms with E-state index in [-0.39, 0.29) is 28.2 Å². The van der Waals surface area contributed by atoms with E-state index in [2.05, 4.69) is 10.1 Å². The number of thiophene rings is 1. The lowest BCUT2D eigenvalue weighted by Crippen LogP contribution is -2.41. The van der Waals surface area contributed by atoms with Crippen molar-refractivity contribution in [3.63, 3.8) is 0 Å². The Labute approximate surface area is 134 Å². The lowest BCUT2D eigenvalue weighted by Gasteiger charge is -2.23. The number of methoxy groups -OCH3 is 1. The molecule has 0 radical (unpaired) electrons. The van der Waals surface area contributed by atoms with Gasteiger partial charge in [0, 0.05) is 19.1 Å². The Balaban J connectivity index is 0.00000220. The first-order valence-electron chi connectivity index (χ1n) is 6.34. The number of rotatable bonds is 5. The third-order valence-electron chi connectivity index (χ3n) is 3.35. The van der Waals surface area contributed by atoms with Crippen LogP contribution in [0.4, 0.5) is 0 Å². The topological polar surface area (TPSA) is 75.7 Å². The maximum absolute atomic E-state index is 12.7. The van der Waals surface area contributed by atoms with E-state index in [0.717, 1.165) is 24.2 Å². The van der Waals surface area contributed by atoms with Crippen LogP contribution < -0.4 is 5.32 Å². The van der Waals surface area contributed by atoms with Gasteiger partial charge in [-0.3, -0.25) is 0 Å². The number of nitrogens with one attached hydrogen (secondary N) is 1. The molecule has 1 N–H and O–H groups in total. The quantitative estimate of drug-likeness (QED) is 0.807. The molecule has 2 heterocycles. The summed E-state index contributed by atoms with van der Waals surface area (Å²) in [6.07, 6.45) is 1.67. The second-order valence-electron chi connectivity index (χ2n) is 4.58. The van der Waals surface area contributed by atoms with E-state index in [4.69, 9.17) is 0 Å². The highest BCUT2D eigenvalue weighted by Crippen LogP contribution is 2.30. The number of halogens is 1. The normalized spacial score (nSPS) is 19.2. The summed E-state index contributed by atoms with van der Waals surface area (Å²) in [5, 5.41) is 4.61. The van der Waals surface area contributed by atoms with Crippen molar-refractivity contribution in [2.75, 3.05) is 27.2 Å². The van der Waals surface area contributed by atoms with Crippen LogP contribution in [0.5, 0.6) is 0 Å². The molecule has 1 aromatic rings. The molecule has 0 aromatic carbocycles. The van der Waals surface area contributed by atoms with Gasteiger partial charge in [-0.05, 0) is 31.3 Å². The molecule has 6 nitrogen and oxygen atoms in total. The number of esters is 1. The third-order valence-corrected chi connectivity index (χ3v) is 6.37. The number of hydrogen-bond donors (Lipinski definition) is 1. The summed E-state index contributed by atoms with van der Waals surface area (Å²) < 4.78 is 31.6. The van der Waals surface area contributed by atoms with Crippen LogP contribution in [0, 0.1) is 0 Å². The molecule has 2 rings (SSSR count). The molecule has 9 heteroatoms. The van der Waals surface area contributed by atoms with Crippen molar-refractivity contribution in [2.24, 2.45) is 0 Å². The van der Waals surface area contributed by atoms with Crippen LogP contribution >= 0.6 is 23.7 Å². The second kappa shape index (κ2) is 7.55. The summed E-state index contributed by atoms with van der Waals surface area (Å²) in [6, 6.07) is 1.41. The highest BCUT2D eigenvalue weighted by Gasteiger charge is 2.37. The smallest absolute Gasteiger partial charge is 0.349 e. The van der Waals surface area contributed by atoms with Crippen molar-refractivity contribution in [3.05, 3.63) is 16.3 Å². The fourth-order valence-electron chi connectivity index (χ4n) is 2.43. The maximum Gasteiger partial charge on any atom is 0.349 e. The number of carbonyl (C=O) groups is 1. The maximum atomic E-state index is 12.7. The summed E-state index contributed by atoms with van der Waals surface area (Å²) in [5.41, 5.74) is 0. The second-order valence-corrected chi connectivity index (χ2v) is 7.35. The number of sulfonamides is 1. The summed E-state index contributed by atoms with van der Waals surface area (Å²) in [4.78, 5) is 11.9. The zero-order chi connectivity index (χ0) is 14.8. The van der Waals surface area contributed by atoms with Crippen LogP contribution in [-0.4, -0.2) is 52.0 Å². The number of likely N-dealkylation sites (N-methyl/N-ethyl adjacent to an activating group) is 1. The Kier molecular flexibility index (Phi) is 6.61. The Morgan fingerprint density at radius 2 is 2.29 bits per heavy atom. The highest BCUT2D eigenvalue weighted by atomic mass is 35.5. The molecular formula is C12H19ClN2O4S2. The average molecular weight is 355 g/mol. The summed E-state index contributed by atoms with van der Waals surface area (Å²) in [5.74, 6) is -0.608. The fraction of sp³-hybridized carbons (Fsp3) is 0.583. The average Bonchev–Trinajstić information content (AvgIpc) is 3.07. The highest BCUT2D eigenvalue weighted by molar-refractivity contribution is 7.89. The molecule has 120 valence electrons. The van der Waals surface area contributed by atoms with Crippen LogP contribution in [0.2, 0.25) is 0 Å². The van der Waals surface area contributed by atoms with Gasteiger partial charge in [0.1, 0.15) is 9.77 Å². The van der Waals surface area contributed by atoms with E-state index < -0.39 is 16.0 Å². The van der Waals surface area contributed by atoms with Crippen molar-refractivity contribution in [1.29, 1.82) is 0 Å². The van der Waals surface area contributed by atoms with E-state index in [1.165, 1.54) is 17.5 Å². The lowest BCUT2D eigenvalue weighted by atomic mass is 10.2. The molecule has 1 aliphatic heterocycles. The third kappa shape index (κ3) is 3.57. The number of carbonyl (C=O) groups excluding carboxylic acids is 1. The van der Waals surface area contributed by atoms with Crippen LogP contribution in [0.3, 0.4) is 0 Å². The number of ether oxygens (including phenoxy) is 1. The SMILES string of the molecule is CNCC1CCCN1S(=O)(=O)c1ccsc1C(=O)OC.Cl. The minimum Gasteiger partial charge on any atom is -0.465 e. The van der Waals surface area contributed by atoms with Crippen LogP contribution in [-0.2, 0) is 14.8 Å². The van der Waals surface area contributed by atoms with Gasteiger partial charge in [0.15, 0.2) is 0 Å². The van der Waals surface area contributed by atoms with Gasteiger partial charge in [-0.2, -0.15) is 4.31 Å². The van der Waals surface area contributed by atoms with Gasteiger partial charge in [0.25, 0.3) is 0 Å². The van der Waals surface area contributed by atoms with Crippen LogP contribution in [0.25, 0.3) is 0 Å². The molecule has 0 aliphatic carbocycles. The standard InChI is InChI=1S/C12H18N2O4S2.ClH/c1-13-8-9-4-3-6-14(9)20(16,17)10-5-7-19-11(10)12(15)18-2;/h5,7,9,13H,3-4,6,8H2,1-2H3;1H. The van der Waals surface area contributed by atoms with E-state index in [9.17, 15) is 13.2 Å². The Morgan fingerprint density at radius 1 is 1.57 bits per heavy atom. The number of nitrogens with zero attached hydrogens (tertiary/aromatic N) is 1. The van der Waals surface area contributed by atoms with Crippen LogP contribution in [0.1, 0.15) is 22.5 Å². The zero-order valence-corrected chi connectivity index (χ0v) is 14.3. The molecule has 1 fully saturated rings. The monoisotopic (exact) mass is 354 g/mol. The minimum atomic E-state index is -3.65. The van der Waals surface area contributed by atoms with Crippen molar-refractivity contribution in [3.8, 4) is 0 Å². The van der Waals surface area contributed by atoms with Crippen molar-refractivity contribution >= 4 is 39.7 Å². The summed E-state index contributed by atoms with van der Waals surface area (Å²) in [6.45, 7) is 1.10. The van der Waals surface area contributed by atoms with E-state index in [0.29, 0.717) is 13.1 Å². The van der Waals surface area contributed by atoms with Gasteiger partial charge >= 0.3 is 5.97 Å². The minimum absolute atomic E-state index is 0. The molecule has 1 saturated heterocycles. The summed E-state index contributed by atoms with van der Waals surface area (Å²) in [7, 11) is -0.602. The predicted octanol–water partition coefficient (Wildman–Crippen LogP) is 1.33. The molecule has 0 amide bonds. The van der Waals surface area contributed by atoms with E-state index in [1.807, 2.05) is 0 Å². The Bertz CT molecular complexity index is 588. The molecule has 1 aliphatic rings. The van der Waals surface area contributed by atoms with Gasteiger partial charge in [0.2, 0.25) is 10.0 Å². The van der Waals surface area contributed by atoms with Gasteiger partial charge in [-0.1, -0.05) is 0 Å². The Morgan fingerprint density at radius 3 is 2.90 bits per heavy atom. The molecule has 1 aromatic heterocycles. The summed E-state index contributed by atoms with van der Waals surface area (Å²) >= 11 is 1.09. The van der Waals surface area contributed by atoms with Crippen LogP contribution in [0.15, 0.2) is 16.3 Å². The zero-order valence-electron chi connectivity index (χ0n) is 11.9. The van der Waals surface area contributed by atoms with E-state index in [1.54, 1.807) is 12.4 Å². The first-order chi connectivity index (χ1) is 9.52. The van der Waals surface area contributed by atoms with Gasteiger partial charge < -0.3 is 10.1 Å². The molecule has 1 unspecified atom stereocenters. The molecular weight excluding hydrogens is 336 g/mol. The fourth-order valence-corrected chi connectivity index (χ4v) is 5.44. The predicted molar refractivity (Wildman–Crippen MR) is 83.7 cm³/mol. The molecule has 0 bridgehead atoms. The molecule has 0 spiro atoms. The van der Waals surface area contributed by atoms with Gasteiger partial charge in [-0.25, -0.2) is 13.2 Å². The van der Waals surface area contributed by atoms with Gasteiger partial charge in [0.05, 0.1) is 7.11 Å². The Hall–Kier alpha value is -0.670. The largest absolute Gasteiger partial charge is 0.465 e. The molecule has 21 heavy (non-hydrogen) atoms. The first kappa shape index (κ1) is 18.4. The molecule has 1 atom stereocenters. The molecule has 0 saturated carbocycles. The van der Waals surface area contributed by atoms with Gasteiger partial charge in [-0.15, -0.1) is 23.7 Å². The van der Waals surface area contributed by atoms with Crippen molar-refractivity contribution < 1.29 is 17.9 Å². The first-order valence-corrected chi connectivity index (χ1v) is 8.66. The van der Waals surface area contributed by atoms with E-state index >= 15 is 0 Å². The number of hydrogen-bond acceptors (Lipinski definition) is 6. The van der Waals surface area contributed by atoms with Crippen molar-refractivity contribution in [2.45, 2.75) is 23.8 Å². The lowest BCUT2D eigenvalue weighted by molar-refractivity contribution is 0.0602. The van der Waals surface area contributed by atoms with Crippen molar-refractivity contribution in [1.82, 2.24) is 9.62 Å².